The summed E-state index contributed by atoms with van der Waals surface area (Å²) in [4.78, 5) is 25.2. The summed E-state index contributed by atoms with van der Waals surface area (Å²) in [6.07, 6.45) is 6.61. The number of hydrogen-bond donors (Lipinski definition) is 1. The monoisotopic (exact) mass is 254 g/mol. The van der Waals surface area contributed by atoms with E-state index in [1.807, 2.05) is 0 Å². The molecule has 0 aromatic heterocycles. The van der Waals surface area contributed by atoms with Crippen LogP contribution in [0.2, 0.25) is 0 Å². The molecule has 1 aliphatic rings. The summed E-state index contributed by atoms with van der Waals surface area (Å²) in [5, 5.41) is 0. The molecule has 1 heterocycles. The standard InChI is InChI=1S/C14H26N2O2/c1-3-5-6-8-12(14(15)18)16-10-11(7-4-2)9-13(16)17/h11-12H,3-10H2,1-2H3,(H2,15,18). The third kappa shape index (κ3) is 4.00. The third-order valence-corrected chi connectivity index (χ3v) is 3.72. The van der Waals surface area contributed by atoms with E-state index in [0.717, 1.165) is 32.1 Å². The van der Waals surface area contributed by atoms with Gasteiger partial charge in [-0.05, 0) is 18.8 Å². The zero-order valence-electron chi connectivity index (χ0n) is 11.7. The van der Waals surface area contributed by atoms with Gasteiger partial charge in [0, 0.05) is 13.0 Å². The minimum Gasteiger partial charge on any atom is -0.368 e. The fourth-order valence-electron chi connectivity index (χ4n) is 2.75. The molecule has 0 radical (unpaired) electrons. The van der Waals surface area contributed by atoms with Crippen molar-refractivity contribution in [3.05, 3.63) is 0 Å². The molecule has 1 saturated heterocycles. The molecule has 0 bridgehead atoms. The number of likely N-dealkylation sites (tertiary alicyclic amines) is 1. The lowest BCUT2D eigenvalue weighted by molar-refractivity contribution is -0.136. The average molecular weight is 254 g/mol. The molecule has 4 heteroatoms. The molecule has 2 unspecified atom stereocenters. The van der Waals surface area contributed by atoms with Gasteiger partial charge in [-0.2, -0.15) is 0 Å². The first-order valence-corrected chi connectivity index (χ1v) is 7.18. The maximum absolute atomic E-state index is 12.0. The minimum absolute atomic E-state index is 0.105. The van der Waals surface area contributed by atoms with Gasteiger partial charge in [-0.25, -0.2) is 0 Å². The number of rotatable bonds is 8. The summed E-state index contributed by atoms with van der Waals surface area (Å²) in [7, 11) is 0. The molecule has 1 aliphatic heterocycles. The highest BCUT2D eigenvalue weighted by Gasteiger charge is 2.35. The Hall–Kier alpha value is -1.06. The number of primary amides is 1. The van der Waals surface area contributed by atoms with E-state index in [-0.39, 0.29) is 17.9 Å². The van der Waals surface area contributed by atoms with Gasteiger partial charge in [0.25, 0.3) is 0 Å². The Morgan fingerprint density at radius 3 is 2.67 bits per heavy atom. The van der Waals surface area contributed by atoms with E-state index < -0.39 is 0 Å². The second kappa shape index (κ2) is 7.39. The van der Waals surface area contributed by atoms with Crippen molar-refractivity contribution in [2.24, 2.45) is 11.7 Å². The first-order valence-electron chi connectivity index (χ1n) is 7.18. The number of carbonyl (C=O) groups excluding carboxylic acids is 2. The zero-order valence-corrected chi connectivity index (χ0v) is 11.7. The molecule has 4 nitrogen and oxygen atoms in total. The Labute approximate surface area is 110 Å². The van der Waals surface area contributed by atoms with Crippen LogP contribution in [0.25, 0.3) is 0 Å². The van der Waals surface area contributed by atoms with E-state index in [9.17, 15) is 9.59 Å². The van der Waals surface area contributed by atoms with Gasteiger partial charge >= 0.3 is 0 Å². The van der Waals surface area contributed by atoms with Crippen LogP contribution in [0.15, 0.2) is 0 Å². The second-order valence-electron chi connectivity index (χ2n) is 5.32. The topological polar surface area (TPSA) is 63.4 Å². The SMILES string of the molecule is CCCCCC(C(N)=O)N1CC(CCC)CC1=O. The molecule has 1 rings (SSSR count). The largest absolute Gasteiger partial charge is 0.368 e. The number of unbranched alkanes of at least 4 members (excludes halogenated alkanes) is 2. The molecule has 0 aromatic rings. The van der Waals surface area contributed by atoms with E-state index in [4.69, 9.17) is 5.73 Å². The second-order valence-corrected chi connectivity index (χ2v) is 5.32. The van der Waals surface area contributed by atoms with Gasteiger partial charge in [0.05, 0.1) is 0 Å². The quantitative estimate of drug-likeness (QED) is 0.674. The summed E-state index contributed by atoms with van der Waals surface area (Å²) >= 11 is 0. The molecule has 0 aliphatic carbocycles. The molecule has 2 atom stereocenters. The number of amides is 2. The Morgan fingerprint density at radius 1 is 1.39 bits per heavy atom. The number of nitrogens with two attached hydrogens (primary N) is 1. The van der Waals surface area contributed by atoms with Crippen LogP contribution in [-0.2, 0) is 9.59 Å². The summed E-state index contributed by atoms with van der Waals surface area (Å²) in [6.45, 7) is 4.96. The van der Waals surface area contributed by atoms with Gasteiger partial charge in [0.1, 0.15) is 6.04 Å². The van der Waals surface area contributed by atoms with Crippen LogP contribution < -0.4 is 5.73 Å². The highest BCUT2D eigenvalue weighted by Crippen LogP contribution is 2.25. The van der Waals surface area contributed by atoms with Crippen LogP contribution in [0.1, 0.15) is 58.8 Å². The number of nitrogens with zero attached hydrogens (tertiary/aromatic N) is 1. The molecule has 2 N–H and O–H groups in total. The fourth-order valence-corrected chi connectivity index (χ4v) is 2.75. The molecule has 1 fully saturated rings. The summed E-state index contributed by atoms with van der Waals surface area (Å²) < 4.78 is 0. The lowest BCUT2D eigenvalue weighted by atomic mass is 10.0. The van der Waals surface area contributed by atoms with Crippen molar-refractivity contribution in [3.63, 3.8) is 0 Å². The van der Waals surface area contributed by atoms with E-state index in [1.54, 1.807) is 4.90 Å². The average Bonchev–Trinajstić information content (AvgIpc) is 2.66. The van der Waals surface area contributed by atoms with Gasteiger partial charge in [-0.15, -0.1) is 0 Å². The molecule has 104 valence electrons. The molecular formula is C14H26N2O2. The molecule has 0 spiro atoms. The van der Waals surface area contributed by atoms with Crippen LogP contribution >= 0.6 is 0 Å². The van der Waals surface area contributed by atoms with Crippen LogP contribution in [0.5, 0.6) is 0 Å². The maximum atomic E-state index is 12.0. The molecule has 0 aromatic carbocycles. The van der Waals surface area contributed by atoms with Crippen molar-refractivity contribution in [1.29, 1.82) is 0 Å². The van der Waals surface area contributed by atoms with E-state index in [2.05, 4.69) is 13.8 Å². The van der Waals surface area contributed by atoms with Crippen molar-refractivity contribution in [2.75, 3.05) is 6.54 Å². The number of carbonyl (C=O) groups is 2. The van der Waals surface area contributed by atoms with Crippen LogP contribution in [0.3, 0.4) is 0 Å². The number of hydrogen-bond acceptors (Lipinski definition) is 2. The summed E-state index contributed by atoms with van der Waals surface area (Å²) in [5.74, 6) is 0.167. The molecule has 2 amide bonds. The predicted molar refractivity (Wildman–Crippen MR) is 71.9 cm³/mol. The Balaban J connectivity index is 2.57. The molecule has 18 heavy (non-hydrogen) atoms. The van der Waals surface area contributed by atoms with E-state index >= 15 is 0 Å². The lowest BCUT2D eigenvalue weighted by Crippen LogP contribution is -2.45. The van der Waals surface area contributed by atoms with Gasteiger partial charge in [0.2, 0.25) is 11.8 Å². The molecule has 0 saturated carbocycles. The summed E-state index contributed by atoms with van der Waals surface area (Å²) in [5.41, 5.74) is 5.45. The zero-order chi connectivity index (χ0) is 13.5. The first kappa shape index (κ1) is 15.0. The smallest absolute Gasteiger partial charge is 0.240 e. The predicted octanol–water partition coefficient (Wildman–Crippen LogP) is 2.07. The maximum Gasteiger partial charge on any atom is 0.240 e. The van der Waals surface area contributed by atoms with Crippen molar-refractivity contribution in [2.45, 2.75) is 64.8 Å². The normalized spacial score (nSPS) is 21.3. The van der Waals surface area contributed by atoms with Crippen molar-refractivity contribution >= 4 is 11.8 Å². The van der Waals surface area contributed by atoms with Crippen LogP contribution in [0, 0.1) is 5.92 Å². The highest BCUT2D eigenvalue weighted by atomic mass is 16.2. The van der Waals surface area contributed by atoms with Crippen molar-refractivity contribution in [3.8, 4) is 0 Å². The van der Waals surface area contributed by atoms with Gasteiger partial charge in [0.15, 0.2) is 0 Å². The summed E-state index contributed by atoms with van der Waals surface area (Å²) in [6, 6.07) is -0.383. The van der Waals surface area contributed by atoms with E-state index in [0.29, 0.717) is 25.3 Å². The fraction of sp³-hybridized carbons (Fsp3) is 0.857. The minimum atomic E-state index is -0.383. The highest BCUT2D eigenvalue weighted by molar-refractivity contribution is 5.87. The third-order valence-electron chi connectivity index (χ3n) is 3.72. The van der Waals surface area contributed by atoms with E-state index in [1.165, 1.54) is 0 Å². The Morgan fingerprint density at radius 2 is 2.11 bits per heavy atom. The van der Waals surface area contributed by atoms with Crippen LogP contribution in [0.4, 0.5) is 0 Å². The van der Waals surface area contributed by atoms with Gasteiger partial charge in [-0.3, -0.25) is 9.59 Å². The van der Waals surface area contributed by atoms with Crippen molar-refractivity contribution < 1.29 is 9.59 Å². The first-order chi connectivity index (χ1) is 8.60. The van der Waals surface area contributed by atoms with Crippen molar-refractivity contribution in [1.82, 2.24) is 4.90 Å². The lowest BCUT2D eigenvalue weighted by Gasteiger charge is -2.25. The van der Waals surface area contributed by atoms with Gasteiger partial charge in [-0.1, -0.05) is 39.5 Å². The van der Waals surface area contributed by atoms with Crippen LogP contribution in [-0.4, -0.2) is 29.3 Å². The Kier molecular flexibility index (Phi) is 6.16. The molecular weight excluding hydrogens is 228 g/mol. The Bertz CT molecular complexity index is 292. The van der Waals surface area contributed by atoms with Gasteiger partial charge < -0.3 is 10.6 Å².